The summed E-state index contributed by atoms with van der Waals surface area (Å²) in [6.07, 6.45) is 0.802. The molecule has 0 aliphatic rings. The molecule has 0 unspecified atom stereocenters. The first-order chi connectivity index (χ1) is 5.74. The van der Waals surface area contributed by atoms with Gasteiger partial charge in [0.25, 0.3) is 0 Å². The van der Waals surface area contributed by atoms with Gasteiger partial charge < -0.3 is 5.11 Å². The molecular formula is C9H10O2S. The van der Waals surface area contributed by atoms with Crippen LogP contribution in [0.5, 0.6) is 0 Å². The van der Waals surface area contributed by atoms with Crippen LogP contribution < -0.4 is 0 Å². The van der Waals surface area contributed by atoms with Gasteiger partial charge in [0, 0.05) is 10.3 Å². The Morgan fingerprint density at radius 1 is 1.33 bits per heavy atom. The zero-order valence-electron chi connectivity index (χ0n) is 6.73. The van der Waals surface area contributed by atoms with E-state index >= 15 is 0 Å². The predicted octanol–water partition coefficient (Wildman–Crippen LogP) is 2.13. The molecular weight excluding hydrogens is 172 g/mol. The first kappa shape index (κ1) is 9.00. The standard InChI is InChI=1S/C9H10O2S/c1-8-2-4-9(5-3-8)12(11)7-6-10/h2-7,10H,1H3/b7-6+/t12-/m0/s1. The van der Waals surface area contributed by atoms with Gasteiger partial charge in [0.2, 0.25) is 0 Å². The van der Waals surface area contributed by atoms with E-state index in [4.69, 9.17) is 5.11 Å². The topological polar surface area (TPSA) is 37.3 Å². The van der Waals surface area contributed by atoms with Crippen molar-refractivity contribution in [1.29, 1.82) is 0 Å². The molecule has 1 atom stereocenters. The van der Waals surface area contributed by atoms with Crippen molar-refractivity contribution in [2.24, 2.45) is 0 Å². The van der Waals surface area contributed by atoms with E-state index in [1.54, 1.807) is 12.1 Å². The fourth-order valence-corrected chi connectivity index (χ4v) is 1.48. The third kappa shape index (κ3) is 2.20. The predicted molar refractivity (Wildman–Crippen MR) is 49.4 cm³/mol. The summed E-state index contributed by atoms with van der Waals surface area (Å²) >= 11 is 0. The maximum Gasteiger partial charge on any atom is 0.0883 e. The Balaban J connectivity index is 2.90. The number of hydrogen-bond acceptors (Lipinski definition) is 2. The molecule has 0 saturated carbocycles. The molecule has 12 heavy (non-hydrogen) atoms. The maximum atomic E-state index is 11.2. The molecule has 3 heteroatoms. The monoisotopic (exact) mass is 182 g/mol. The van der Waals surface area contributed by atoms with Crippen LogP contribution in [0.2, 0.25) is 0 Å². The summed E-state index contributed by atoms with van der Waals surface area (Å²) in [5, 5.41) is 9.62. The van der Waals surface area contributed by atoms with Crippen molar-refractivity contribution < 1.29 is 9.32 Å². The van der Waals surface area contributed by atoms with Gasteiger partial charge in [0.1, 0.15) is 0 Å². The number of aliphatic hydroxyl groups excluding tert-OH is 1. The quantitative estimate of drug-likeness (QED) is 0.711. The Morgan fingerprint density at radius 2 is 1.92 bits per heavy atom. The molecule has 64 valence electrons. The zero-order chi connectivity index (χ0) is 8.97. The first-order valence-corrected chi connectivity index (χ1v) is 4.73. The van der Waals surface area contributed by atoms with E-state index in [-0.39, 0.29) is 0 Å². The molecule has 0 heterocycles. The van der Waals surface area contributed by atoms with Gasteiger partial charge in [-0.1, -0.05) is 17.7 Å². The number of rotatable bonds is 2. The van der Waals surface area contributed by atoms with Crippen LogP contribution in [0.4, 0.5) is 0 Å². The minimum atomic E-state index is -1.22. The molecule has 0 bridgehead atoms. The van der Waals surface area contributed by atoms with Gasteiger partial charge in [0.05, 0.1) is 17.1 Å². The van der Waals surface area contributed by atoms with Crippen LogP contribution >= 0.6 is 0 Å². The fourth-order valence-electron chi connectivity index (χ4n) is 0.806. The highest BCUT2D eigenvalue weighted by molar-refractivity contribution is 7.88. The number of aliphatic hydroxyl groups is 1. The Labute approximate surface area is 74.0 Å². The van der Waals surface area contributed by atoms with Crippen molar-refractivity contribution >= 4 is 10.8 Å². The Hall–Kier alpha value is -1.09. The van der Waals surface area contributed by atoms with Crippen molar-refractivity contribution in [2.45, 2.75) is 11.8 Å². The molecule has 0 saturated heterocycles. The number of benzene rings is 1. The van der Waals surface area contributed by atoms with Crippen molar-refractivity contribution in [2.75, 3.05) is 0 Å². The molecule has 1 aromatic carbocycles. The summed E-state index contributed by atoms with van der Waals surface area (Å²) in [5.74, 6) is 0. The fraction of sp³-hybridized carbons (Fsp3) is 0.111. The van der Waals surface area contributed by atoms with Gasteiger partial charge in [-0.3, -0.25) is 0 Å². The second-order valence-corrected chi connectivity index (χ2v) is 3.73. The molecule has 0 amide bonds. The lowest BCUT2D eigenvalue weighted by atomic mass is 10.2. The first-order valence-electron chi connectivity index (χ1n) is 3.52. The molecule has 1 aromatic rings. The van der Waals surface area contributed by atoms with Gasteiger partial charge in [-0.2, -0.15) is 0 Å². The second-order valence-electron chi connectivity index (χ2n) is 2.40. The Morgan fingerprint density at radius 3 is 2.42 bits per heavy atom. The maximum absolute atomic E-state index is 11.2. The van der Waals surface area contributed by atoms with Crippen LogP contribution in [0.25, 0.3) is 0 Å². The van der Waals surface area contributed by atoms with Crippen LogP contribution in [0.3, 0.4) is 0 Å². The van der Waals surface area contributed by atoms with Crippen molar-refractivity contribution in [1.82, 2.24) is 0 Å². The number of hydrogen-bond donors (Lipinski definition) is 1. The summed E-state index contributed by atoms with van der Waals surface area (Å²) in [4.78, 5) is 0.700. The minimum Gasteiger partial charge on any atom is -0.515 e. The summed E-state index contributed by atoms with van der Waals surface area (Å²) < 4.78 is 11.2. The molecule has 0 spiro atoms. The normalized spacial score (nSPS) is 13.4. The minimum absolute atomic E-state index is 0.700. The van der Waals surface area contributed by atoms with Gasteiger partial charge >= 0.3 is 0 Å². The SMILES string of the molecule is Cc1ccc([S@@](=O)/C=C/O)cc1. The van der Waals surface area contributed by atoms with Gasteiger partial charge in [-0.25, -0.2) is 4.21 Å². The summed E-state index contributed by atoms with van der Waals surface area (Å²) in [6.45, 7) is 1.97. The average molecular weight is 182 g/mol. The molecule has 0 fully saturated rings. The molecule has 1 N–H and O–H groups in total. The molecule has 1 rings (SSSR count). The zero-order valence-corrected chi connectivity index (χ0v) is 7.54. The third-order valence-electron chi connectivity index (χ3n) is 1.44. The molecule has 2 nitrogen and oxygen atoms in total. The number of aryl methyl sites for hydroxylation is 1. The largest absolute Gasteiger partial charge is 0.515 e. The third-order valence-corrected chi connectivity index (χ3v) is 2.54. The Kier molecular flexibility index (Phi) is 3.05. The summed E-state index contributed by atoms with van der Waals surface area (Å²) in [6, 6.07) is 7.34. The smallest absolute Gasteiger partial charge is 0.0883 e. The van der Waals surface area contributed by atoms with Crippen LogP contribution in [-0.2, 0) is 10.8 Å². The van der Waals surface area contributed by atoms with E-state index in [9.17, 15) is 4.21 Å². The highest BCUT2D eigenvalue weighted by Gasteiger charge is 1.97. The van der Waals surface area contributed by atoms with Crippen LogP contribution in [0.15, 0.2) is 40.8 Å². The van der Waals surface area contributed by atoms with E-state index < -0.39 is 10.8 Å². The van der Waals surface area contributed by atoms with E-state index in [0.717, 1.165) is 11.8 Å². The van der Waals surface area contributed by atoms with E-state index in [0.29, 0.717) is 4.90 Å². The molecule has 0 aliphatic heterocycles. The lowest BCUT2D eigenvalue weighted by Gasteiger charge is -1.95. The summed E-state index contributed by atoms with van der Waals surface area (Å²) in [7, 11) is -1.22. The average Bonchev–Trinajstić information content (AvgIpc) is 2.06. The lowest BCUT2D eigenvalue weighted by Crippen LogP contribution is -1.85. The van der Waals surface area contributed by atoms with Gasteiger partial charge in [-0.05, 0) is 19.1 Å². The van der Waals surface area contributed by atoms with Gasteiger partial charge in [-0.15, -0.1) is 0 Å². The molecule has 0 aliphatic carbocycles. The second kappa shape index (κ2) is 4.07. The lowest BCUT2D eigenvalue weighted by molar-refractivity contribution is 0.475. The van der Waals surface area contributed by atoms with Crippen molar-refractivity contribution in [3.8, 4) is 0 Å². The Bertz CT molecular complexity index is 301. The van der Waals surface area contributed by atoms with Crippen molar-refractivity contribution in [3.63, 3.8) is 0 Å². The highest BCUT2D eigenvalue weighted by Crippen LogP contribution is 2.08. The van der Waals surface area contributed by atoms with Crippen LogP contribution in [-0.4, -0.2) is 9.32 Å². The summed E-state index contributed by atoms with van der Waals surface area (Å²) in [5.41, 5.74) is 1.13. The van der Waals surface area contributed by atoms with Crippen molar-refractivity contribution in [3.05, 3.63) is 41.5 Å². The highest BCUT2D eigenvalue weighted by atomic mass is 32.2. The molecule has 0 radical (unpaired) electrons. The molecule has 0 aromatic heterocycles. The van der Waals surface area contributed by atoms with E-state index in [2.05, 4.69) is 0 Å². The van der Waals surface area contributed by atoms with E-state index in [1.807, 2.05) is 19.1 Å². The van der Waals surface area contributed by atoms with E-state index in [1.165, 1.54) is 5.41 Å². The van der Waals surface area contributed by atoms with Crippen LogP contribution in [0, 0.1) is 6.92 Å². The van der Waals surface area contributed by atoms with Gasteiger partial charge in [0.15, 0.2) is 0 Å². The van der Waals surface area contributed by atoms with Crippen LogP contribution in [0.1, 0.15) is 5.56 Å².